The van der Waals surface area contributed by atoms with Crippen LogP contribution in [0, 0.1) is 6.92 Å². The minimum atomic E-state index is -0.961. The van der Waals surface area contributed by atoms with Gasteiger partial charge in [-0.15, -0.1) is 0 Å². The van der Waals surface area contributed by atoms with E-state index in [1.165, 1.54) is 11.0 Å². The fourth-order valence-corrected chi connectivity index (χ4v) is 3.64. The summed E-state index contributed by atoms with van der Waals surface area (Å²) < 4.78 is 10.4. The molecule has 0 bridgehead atoms. The second-order valence-corrected chi connectivity index (χ2v) is 9.55. The van der Waals surface area contributed by atoms with Crippen LogP contribution in [0.1, 0.15) is 50.8 Å². The standard InChI is InChI=1S/C26H33N3O6/c1-16-14-17(6-13-21(16)30)23(24(32)28-18-7-11-20(34-5)12-8-18)29(19-9-10-19)22(31)15-27-25(33)35-26(2,3)4/h6-8,11-14,19,23,30H,9-10,15H2,1-5H3,(H,27,33)(H,28,32). The number of alkyl carbamates (subject to hydrolysis) is 1. The first-order valence-corrected chi connectivity index (χ1v) is 11.5. The van der Waals surface area contributed by atoms with E-state index < -0.39 is 29.6 Å². The number of nitrogens with zero attached hydrogens (tertiary/aromatic N) is 1. The Labute approximate surface area is 205 Å². The molecule has 1 aliphatic carbocycles. The third kappa shape index (κ3) is 7.11. The third-order valence-electron chi connectivity index (χ3n) is 5.43. The lowest BCUT2D eigenvalue weighted by Gasteiger charge is -2.32. The zero-order chi connectivity index (χ0) is 25.8. The number of benzene rings is 2. The Morgan fingerprint density at radius 3 is 2.31 bits per heavy atom. The number of carbonyl (C=O) groups excluding carboxylic acids is 3. The maximum Gasteiger partial charge on any atom is 0.408 e. The summed E-state index contributed by atoms with van der Waals surface area (Å²) >= 11 is 0. The number of carbonyl (C=O) groups is 3. The molecule has 1 aliphatic rings. The minimum absolute atomic E-state index is 0.0963. The SMILES string of the molecule is COc1ccc(NC(=O)C(c2ccc(O)c(C)c2)N(C(=O)CNC(=O)OC(C)(C)C)C2CC2)cc1. The van der Waals surface area contributed by atoms with E-state index >= 15 is 0 Å². The van der Waals surface area contributed by atoms with Crippen LogP contribution < -0.4 is 15.4 Å². The molecule has 1 saturated carbocycles. The first-order valence-electron chi connectivity index (χ1n) is 11.5. The van der Waals surface area contributed by atoms with Gasteiger partial charge in [0, 0.05) is 11.7 Å². The van der Waals surface area contributed by atoms with Crippen LogP contribution >= 0.6 is 0 Å². The number of ether oxygens (including phenoxy) is 2. The summed E-state index contributed by atoms with van der Waals surface area (Å²) in [5.41, 5.74) is 0.989. The van der Waals surface area contributed by atoms with Gasteiger partial charge in [-0.25, -0.2) is 4.79 Å². The Balaban J connectivity index is 1.87. The topological polar surface area (TPSA) is 117 Å². The number of hydrogen-bond donors (Lipinski definition) is 3. The Morgan fingerprint density at radius 1 is 1.11 bits per heavy atom. The third-order valence-corrected chi connectivity index (χ3v) is 5.43. The number of phenols is 1. The summed E-state index contributed by atoms with van der Waals surface area (Å²) in [6.07, 6.45) is 0.796. The van der Waals surface area contributed by atoms with Crippen molar-refractivity contribution in [3.05, 3.63) is 53.6 Å². The maximum absolute atomic E-state index is 13.6. The van der Waals surface area contributed by atoms with E-state index in [9.17, 15) is 19.5 Å². The van der Waals surface area contributed by atoms with Gasteiger partial charge in [-0.3, -0.25) is 9.59 Å². The van der Waals surface area contributed by atoms with Crippen molar-refractivity contribution in [3.8, 4) is 11.5 Å². The van der Waals surface area contributed by atoms with Gasteiger partial charge in [0.15, 0.2) is 0 Å². The maximum atomic E-state index is 13.6. The predicted molar refractivity (Wildman–Crippen MR) is 131 cm³/mol. The Kier molecular flexibility index (Phi) is 7.89. The fraction of sp³-hybridized carbons (Fsp3) is 0.423. The van der Waals surface area contributed by atoms with Gasteiger partial charge in [-0.2, -0.15) is 0 Å². The molecular formula is C26H33N3O6. The summed E-state index contributed by atoms with van der Waals surface area (Å²) in [6, 6.07) is 10.6. The minimum Gasteiger partial charge on any atom is -0.508 e. The van der Waals surface area contributed by atoms with E-state index in [2.05, 4.69) is 10.6 Å². The smallest absolute Gasteiger partial charge is 0.408 e. The number of anilines is 1. The highest BCUT2D eigenvalue weighted by Crippen LogP contribution is 2.36. The molecule has 0 spiro atoms. The molecule has 2 aromatic carbocycles. The molecule has 2 aromatic rings. The quantitative estimate of drug-likeness (QED) is 0.524. The van der Waals surface area contributed by atoms with Crippen molar-refractivity contribution in [2.45, 2.75) is 58.2 Å². The van der Waals surface area contributed by atoms with Gasteiger partial charge < -0.3 is 30.1 Å². The zero-order valence-electron chi connectivity index (χ0n) is 20.8. The van der Waals surface area contributed by atoms with E-state index in [4.69, 9.17) is 9.47 Å². The molecule has 3 amide bonds. The lowest BCUT2D eigenvalue weighted by atomic mass is 10.0. The predicted octanol–water partition coefficient (Wildman–Crippen LogP) is 3.90. The Bertz CT molecular complexity index is 1070. The molecule has 35 heavy (non-hydrogen) atoms. The molecule has 9 nitrogen and oxygen atoms in total. The Morgan fingerprint density at radius 2 is 1.77 bits per heavy atom. The van der Waals surface area contributed by atoms with Crippen LogP contribution in [0.15, 0.2) is 42.5 Å². The van der Waals surface area contributed by atoms with Crippen LogP contribution in [0.25, 0.3) is 0 Å². The fourth-order valence-electron chi connectivity index (χ4n) is 3.64. The van der Waals surface area contributed by atoms with E-state index in [1.807, 2.05) is 0 Å². The van der Waals surface area contributed by atoms with Crippen molar-refractivity contribution in [2.24, 2.45) is 0 Å². The molecule has 9 heteroatoms. The molecule has 0 saturated heterocycles. The highest BCUT2D eigenvalue weighted by atomic mass is 16.6. The first-order chi connectivity index (χ1) is 16.5. The molecular weight excluding hydrogens is 450 g/mol. The average molecular weight is 484 g/mol. The monoisotopic (exact) mass is 483 g/mol. The van der Waals surface area contributed by atoms with Gasteiger partial charge in [-0.05, 0) is 88.1 Å². The molecule has 0 heterocycles. The first kappa shape index (κ1) is 25.9. The molecule has 0 aliphatic heterocycles. The number of nitrogens with one attached hydrogen (secondary N) is 2. The van der Waals surface area contributed by atoms with E-state index in [0.717, 1.165) is 12.8 Å². The van der Waals surface area contributed by atoms with Crippen LogP contribution in [-0.4, -0.2) is 53.2 Å². The van der Waals surface area contributed by atoms with Crippen molar-refractivity contribution in [3.63, 3.8) is 0 Å². The number of aryl methyl sites for hydroxylation is 1. The molecule has 3 rings (SSSR count). The average Bonchev–Trinajstić information content (AvgIpc) is 3.62. The molecule has 188 valence electrons. The van der Waals surface area contributed by atoms with Crippen LogP contribution in [-0.2, 0) is 14.3 Å². The van der Waals surface area contributed by atoms with Crippen molar-refractivity contribution < 1.29 is 29.0 Å². The van der Waals surface area contributed by atoms with Crippen LogP contribution in [0.4, 0.5) is 10.5 Å². The summed E-state index contributed by atoms with van der Waals surface area (Å²) in [5, 5.41) is 15.4. The zero-order valence-corrected chi connectivity index (χ0v) is 20.8. The van der Waals surface area contributed by atoms with Crippen molar-refractivity contribution >= 4 is 23.6 Å². The number of methoxy groups -OCH3 is 1. The van der Waals surface area contributed by atoms with Crippen molar-refractivity contribution in [2.75, 3.05) is 19.0 Å². The van der Waals surface area contributed by atoms with Gasteiger partial charge in [0.25, 0.3) is 5.91 Å². The van der Waals surface area contributed by atoms with Gasteiger partial charge >= 0.3 is 6.09 Å². The summed E-state index contributed by atoms with van der Waals surface area (Å²) in [4.78, 5) is 40.5. The summed E-state index contributed by atoms with van der Waals surface area (Å²) in [7, 11) is 1.56. The molecule has 0 radical (unpaired) electrons. The molecule has 0 aromatic heterocycles. The molecule has 1 fully saturated rings. The van der Waals surface area contributed by atoms with Gasteiger partial charge in [0.1, 0.15) is 29.7 Å². The van der Waals surface area contributed by atoms with Crippen LogP contribution in [0.5, 0.6) is 11.5 Å². The van der Waals surface area contributed by atoms with Gasteiger partial charge in [0.2, 0.25) is 5.91 Å². The van der Waals surface area contributed by atoms with Crippen LogP contribution in [0.2, 0.25) is 0 Å². The van der Waals surface area contributed by atoms with E-state index in [-0.39, 0.29) is 18.3 Å². The van der Waals surface area contributed by atoms with Crippen molar-refractivity contribution in [1.82, 2.24) is 10.2 Å². The highest BCUT2D eigenvalue weighted by molar-refractivity contribution is 5.98. The lowest BCUT2D eigenvalue weighted by molar-refractivity contribution is -0.138. The van der Waals surface area contributed by atoms with E-state index in [1.54, 1.807) is 71.2 Å². The highest BCUT2D eigenvalue weighted by Gasteiger charge is 2.41. The molecule has 3 N–H and O–H groups in total. The largest absolute Gasteiger partial charge is 0.508 e. The molecule has 1 atom stereocenters. The van der Waals surface area contributed by atoms with Crippen LogP contribution in [0.3, 0.4) is 0 Å². The summed E-state index contributed by atoms with van der Waals surface area (Å²) in [6.45, 7) is 6.62. The van der Waals surface area contributed by atoms with E-state index in [0.29, 0.717) is 22.6 Å². The van der Waals surface area contributed by atoms with Gasteiger partial charge in [-0.1, -0.05) is 6.07 Å². The number of hydrogen-bond acceptors (Lipinski definition) is 6. The number of rotatable bonds is 8. The Hall–Kier alpha value is -3.75. The summed E-state index contributed by atoms with van der Waals surface area (Å²) in [5.74, 6) is -0.0626. The number of aromatic hydroxyl groups is 1. The van der Waals surface area contributed by atoms with Gasteiger partial charge in [0.05, 0.1) is 7.11 Å². The molecule has 1 unspecified atom stereocenters. The van der Waals surface area contributed by atoms with Crippen molar-refractivity contribution in [1.29, 1.82) is 0 Å². The number of amides is 3. The second-order valence-electron chi connectivity index (χ2n) is 9.55. The second kappa shape index (κ2) is 10.7. The lowest BCUT2D eigenvalue weighted by Crippen LogP contribution is -2.47. The number of phenolic OH excluding ortho intramolecular Hbond substituents is 1. The normalized spacial score (nSPS) is 14.0.